The molecule has 1 aliphatic heterocycles. The van der Waals surface area contributed by atoms with Gasteiger partial charge < -0.3 is 19.1 Å². The minimum Gasteiger partial charge on any atom is -0.497 e. The van der Waals surface area contributed by atoms with Gasteiger partial charge in [-0.3, -0.25) is 0 Å². The van der Waals surface area contributed by atoms with Crippen molar-refractivity contribution in [1.82, 2.24) is 4.98 Å². The predicted molar refractivity (Wildman–Crippen MR) is 85.3 cm³/mol. The number of pyridine rings is 1. The van der Waals surface area contributed by atoms with Gasteiger partial charge in [0.25, 0.3) is 5.95 Å². The fourth-order valence-electron chi connectivity index (χ4n) is 2.32. The van der Waals surface area contributed by atoms with Crippen molar-refractivity contribution in [3.05, 3.63) is 41.1 Å². The van der Waals surface area contributed by atoms with Gasteiger partial charge in [-0.15, -0.1) is 0 Å². The van der Waals surface area contributed by atoms with Gasteiger partial charge in [-0.25, -0.2) is 0 Å². The maximum atomic E-state index is 14.1. The maximum absolute atomic E-state index is 14.1. The summed E-state index contributed by atoms with van der Waals surface area (Å²) in [5.41, 5.74) is 0. The van der Waals surface area contributed by atoms with Crippen LogP contribution in [0.1, 0.15) is 0 Å². The van der Waals surface area contributed by atoms with E-state index in [0.717, 1.165) is 0 Å². The number of anilines is 1. The Morgan fingerprint density at radius 1 is 1.12 bits per heavy atom. The number of ether oxygens (including phenoxy) is 3. The fourth-order valence-corrected chi connectivity index (χ4v) is 2.60. The number of aromatic nitrogens is 1. The first-order valence-corrected chi connectivity index (χ1v) is 7.67. The summed E-state index contributed by atoms with van der Waals surface area (Å²) in [5.74, 6) is -1.82. The summed E-state index contributed by atoms with van der Waals surface area (Å²) in [7, 11) is 1.53. The SMILES string of the molecule is COc1ccc(Oc2c(F)c(F)nc(N3CCOCC3)c2Cl)cc1. The Kier molecular flexibility index (Phi) is 5.01. The van der Waals surface area contributed by atoms with Crippen LogP contribution in [-0.2, 0) is 4.74 Å². The molecule has 0 atom stereocenters. The van der Waals surface area contributed by atoms with E-state index >= 15 is 0 Å². The average molecular weight is 357 g/mol. The lowest BCUT2D eigenvalue weighted by molar-refractivity contribution is 0.122. The standard InChI is InChI=1S/C16H15ClF2N2O3/c1-22-10-2-4-11(5-3-10)24-14-12(17)16(20-15(19)13(14)18)21-6-8-23-9-7-21/h2-5H,6-9H2,1H3. The molecule has 24 heavy (non-hydrogen) atoms. The molecule has 1 aromatic heterocycles. The average Bonchev–Trinajstić information content (AvgIpc) is 2.63. The first kappa shape index (κ1) is 16.7. The molecule has 1 aliphatic rings. The second-order valence-electron chi connectivity index (χ2n) is 5.06. The van der Waals surface area contributed by atoms with Gasteiger partial charge in [0.1, 0.15) is 16.5 Å². The highest BCUT2D eigenvalue weighted by Gasteiger charge is 2.25. The van der Waals surface area contributed by atoms with Crippen molar-refractivity contribution < 1.29 is 23.0 Å². The number of rotatable bonds is 4. The van der Waals surface area contributed by atoms with Crippen LogP contribution >= 0.6 is 11.6 Å². The molecule has 0 bridgehead atoms. The maximum Gasteiger partial charge on any atom is 0.254 e. The molecule has 0 spiro atoms. The van der Waals surface area contributed by atoms with Crippen molar-refractivity contribution in [2.75, 3.05) is 38.3 Å². The minimum absolute atomic E-state index is 0.0772. The quantitative estimate of drug-likeness (QED) is 0.782. The van der Waals surface area contributed by atoms with Crippen LogP contribution in [-0.4, -0.2) is 38.4 Å². The molecule has 1 fully saturated rings. The minimum atomic E-state index is -1.26. The van der Waals surface area contributed by atoms with Crippen molar-refractivity contribution >= 4 is 17.4 Å². The van der Waals surface area contributed by atoms with Crippen LogP contribution in [0.5, 0.6) is 17.2 Å². The summed E-state index contributed by atoms with van der Waals surface area (Å²) in [5, 5.41) is -0.0772. The van der Waals surface area contributed by atoms with Crippen LogP contribution in [0.4, 0.5) is 14.6 Å². The van der Waals surface area contributed by atoms with Gasteiger partial charge in [0.2, 0.25) is 5.82 Å². The molecule has 2 heterocycles. The fraction of sp³-hybridized carbons (Fsp3) is 0.312. The first-order chi connectivity index (χ1) is 11.6. The molecular formula is C16H15ClF2N2O3. The number of nitrogens with zero attached hydrogens (tertiary/aromatic N) is 2. The molecule has 0 saturated carbocycles. The lowest BCUT2D eigenvalue weighted by atomic mass is 10.3. The largest absolute Gasteiger partial charge is 0.497 e. The van der Waals surface area contributed by atoms with Gasteiger partial charge in [-0.05, 0) is 24.3 Å². The van der Waals surface area contributed by atoms with Crippen molar-refractivity contribution in [3.63, 3.8) is 0 Å². The summed E-state index contributed by atoms with van der Waals surface area (Å²) in [4.78, 5) is 5.35. The number of hydrogen-bond donors (Lipinski definition) is 0. The van der Waals surface area contributed by atoms with E-state index in [9.17, 15) is 8.78 Å². The van der Waals surface area contributed by atoms with Crippen LogP contribution in [0.25, 0.3) is 0 Å². The van der Waals surface area contributed by atoms with E-state index < -0.39 is 17.5 Å². The molecule has 3 rings (SSSR count). The second-order valence-corrected chi connectivity index (χ2v) is 5.44. The van der Waals surface area contributed by atoms with Gasteiger partial charge in [-0.2, -0.15) is 13.8 Å². The van der Waals surface area contributed by atoms with E-state index in [4.69, 9.17) is 25.8 Å². The molecule has 1 aromatic carbocycles. The van der Waals surface area contributed by atoms with Crippen molar-refractivity contribution in [1.29, 1.82) is 0 Å². The zero-order chi connectivity index (χ0) is 17.1. The number of morpholine rings is 1. The van der Waals surface area contributed by atoms with Crippen LogP contribution in [0.3, 0.4) is 0 Å². The van der Waals surface area contributed by atoms with Crippen LogP contribution in [0.2, 0.25) is 5.02 Å². The highest BCUT2D eigenvalue weighted by Crippen LogP contribution is 2.39. The molecule has 2 aromatic rings. The van der Waals surface area contributed by atoms with E-state index in [1.165, 1.54) is 7.11 Å². The monoisotopic (exact) mass is 356 g/mol. The molecule has 0 unspecified atom stereocenters. The topological polar surface area (TPSA) is 43.8 Å². The summed E-state index contributed by atoms with van der Waals surface area (Å²) < 4.78 is 43.8. The van der Waals surface area contributed by atoms with Crippen molar-refractivity contribution in [2.24, 2.45) is 0 Å². The number of benzene rings is 1. The molecule has 0 aliphatic carbocycles. The van der Waals surface area contributed by atoms with Crippen LogP contribution in [0.15, 0.2) is 24.3 Å². The third-order valence-electron chi connectivity index (χ3n) is 3.57. The third kappa shape index (κ3) is 3.37. The van der Waals surface area contributed by atoms with Gasteiger partial charge in [0.15, 0.2) is 11.6 Å². The smallest absolute Gasteiger partial charge is 0.254 e. The molecule has 128 valence electrons. The molecule has 0 N–H and O–H groups in total. The van der Waals surface area contributed by atoms with E-state index in [0.29, 0.717) is 37.8 Å². The molecule has 8 heteroatoms. The van der Waals surface area contributed by atoms with Gasteiger partial charge in [0.05, 0.1) is 20.3 Å². The Labute approximate surface area is 142 Å². The number of methoxy groups -OCH3 is 1. The summed E-state index contributed by atoms with van der Waals surface area (Å²) >= 11 is 6.23. The Morgan fingerprint density at radius 3 is 2.38 bits per heavy atom. The Hall–Kier alpha value is -2.12. The number of halogens is 3. The number of hydrogen-bond acceptors (Lipinski definition) is 5. The normalized spacial score (nSPS) is 14.6. The van der Waals surface area contributed by atoms with E-state index in [1.54, 1.807) is 29.2 Å². The zero-order valence-corrected chi connectivity index (χ0v) is 13.6. The van der Waals surface area contributed by atoms with Gasteiger partial charge in [-0.1, -0.05) is 11.6 Å². The molecular weight excluding hydrogens is 342 g/mol. The van der Waals surface area contributed by atoms with E-state index in [1.807, 2.05) is 0 Å². The molecule has 5 nitrogen and oxygen atoms in total. The zero-order valence-electron chi connectivity index (χ0n) is 12.9. The second kappa shape index (κ2) is 7.19. The summed E-state index contributed by atoms with van der Waals surface area (Å²) in [6.45, 7) is 1.90. The third-order valence-corrected chi connectivity index (χ3v) is 3.91. The molecule has 0 amide bonds. The Bertz CT molecular complexity index is 722. The molecule has 0 radical (unpaired) electrons. The lowest BCUT2D eigenvalue weighted by Crippen LogP contribution is -2.37. The lowest BCUT2D eigenvalue weighted by Gasteiger charge is -2.29. The van der Waals surface area contributed by atoms with E-state index in [-0.39, 0.29) is 10.8 Å². The van der Waals surface area contributed by atoms with Crippen molar-refractivity contribution in [3.8, 4) is 17.2 Å². The van der Waals surface area contributed by atoms with Gasteiger partial charge in [0, 0.05) is 13.1 Å². The highest BCUT2D eigenvalue weighted by molar-refractivity contribution is 6.34. The summed E-state index contributed by atoms with van der Waals surface area (Å²) in [6, 6.07) is 6.42. The Morgan fingerprint density at radius 2 is 1.75 bits per heavy atom. The van der Waals surface area contributed by atoms with Crippen LogP contribution in [0, 0.1) is 11.8 Å². The first-order valence-electron chi connectivity index (χ1n) is 7.29. The summed E-state index contributed by atoms with van der Waals surface area (Å²) in [6.07, 6.45) is 0. The predicted octanol–water partition coefficient (Wildman–Crippen LogP) is 3.65. The Balaban J connectivity index is 1.94. The highest BCUT2D eigenvalue weighted by atomic mass is 35.5. The van der Waals surface area contributed by atoms with Gasteiger partial charge >= 0.3 is 0 Å². The van der Waals surface area contributed by atoms with Crippen LogP contribution < -0.4 is 14.4 Å². The van der Waals surface area contributed by atoms with Crippen molar-refractivity contribution in [2.45, 2.75) is 0 Å². The van der Waals surface area contributed by atoms with E-state index in [2.05, 4.69) is 4.98 Å². The molecule has 1 saturated heterocycles.